The number of aromatic nitrogens is 1. The zero-order valence-electron chi connectivity index (χ0n) is 9.54. The van der Waals surface area contributed by atoms with Crippen LogP contribution in [0.5, 0.6) is 0 Å². The van der Waals surface area contributed by atoms with Gasteiger partial charge in [-0.2, -0.15) is 5.26 Å². The molecule has 0 saturated carbocycles. The third-order valence-corrected chi connectivity index (χ3v) is 2.88. The van der Waals surface area contributed by atoms with E-state index in [0.717, 1.165) is 12.1 Å². The first kappa shape index (κ1) is 12.0. The smallest absolute Gasteiger partial charge is 0.140 e. The van der Waals surface area contributed by atoms with Gasteiger partial charge in [0.2, 0.25) is 0 Å². The van der Waals surface area contributed by atoms with E-state index >= 15 is 0 Å². The van der Waals surface area contributed by atoms with Crippen molar-refractivity contribution in [2.75, 3.05) is 26.4 Å². The van der Waals surface area contributed by atoms with Gasteiger partial charge in [-0.1, -0.05) is 0 Å². The molecule has 5 nitrogen and oxygen atoms in total. The van der Waals surface area contributed by atoms with Gasteiger partial charge in [-0.15, -0.1) is 0 Å². The van der Waals surface area contributed by atoms with E-state index in [1.807, 2.05) is 12.1 Å². The number of pyridine rings is 1. The Morgan fingerprint density at radius 1 is 1.65 bits per heavy atom. The lowest BCUT2D eigenvalue weighted by molar-refractivity contribution is -0.0312. The van der Waals surface area contributed by atoms with Crippen LogP contribution in [-0.2, 0) is 11.3 Å². The first-order chi connectivity index (χ1) is 8.33. The summed E-state index contributed by atoms with van der Waals surface area (Å²) in [6, 6.07) is 5.75. The van der Waals surface area contributed by atoms with Crippen LogP contribution in [0.3, 0.4) is 0 Å². The Balaban J connectivity index is 2.06. The van der Waals surface area contributed by atoms with Crippen molar-refractivity contribution < 1.29 is 9.84 Å². The number of hydrogen-bond acceptors (Lipinski definition) is 5. The first-order valence-electron chi connectivity index (χ1n) is 5.61. The van der Waals surface area contributed by atoms with Crippen molar-refractivity contribution in [3.63, 3.8) is 0 Å². The predicted octanol–water partition coefficient (Wildman–Crippen LogP) is 0.146. The Labute approximate surface area is 100 Å². The summed E-state index contributed by atoms with van der Waals surface area (Å²) < 4.78 is 5.32. The summed E-state index contributed by atoms with van der Waals surface area (Å²) in [5.74, 6) is 0. The summed E-state index contributed by atoms with van der Waals surface area (Å²) in [5, 5.41) is 18.0. The number of ether oxygens (including phenoxy) is 1. The third-order valence-electron chi connectivity index (χ3n) is 2.88. The number of aliphatic hydroxyl groups excluding tert-OH is 1. The summed E-state index contributed by atoms with van der Waals surface area (Å²) in [6.45, 7) is 2.86. The molecule has 1 aromatic rings. The van der Waals surface area contributed by atoms with Crippen LogP contribution >= 0.6 is 0 Å². The SMILES string of the molecule is N#Cc1cc(CN2CCOCC2CO)ccn1. The van der Waals surface area contributed by atoms with Crippen molar-refractivity contribution in [2.45, 2.75) is 12.6 Å². The lowest BCUT2D eigenvalue weighted by atomic mass is 10.1. The largest absolute Gasteiger partial charge is 0.395 e. The molecular formula is C12H15N3O2. The number of aliphatic hydroxyl groups is 1. The van der Waals surface area contributed by atoms with E-state index in [1.54, 1.807) is 12.3 Å². The van der Waals surface area contributed by atoms with Crippen molar-refractivity contribution in [1.82, 2.24) is 9.88 Å². The van der Waals surface area contributed by atoms with E-state index in [4.69, 9.17) is 10.00 Å². The molecule has 1 saturated heterocycles. The standard InChI is InChI=1S/C12H15N3O2/c13-6-11-5-10(1-2-14-11)7-15-3-4-17-9-12(15)8-16/h1-2,5,12,16H,3-4,7-9H2. The Morgan fingerprint density at radius 2 is 2.53 bits per heavy atom. The van der Waals surface area contributed by atoms with Crippen LogP contribution in [0.4, 0.5) is 0 Å². The third kappa shape index (κ3) is 3.01. The normalized spacial score (nSPS) is 21.1. The Hall–Kier alpha value is -1.48. The average molecular weight is 233 g/mol. The minimum absolute atomic E-state index is 0.0439. The van der Waals surface area contributed by atoms with Crippen LogP contribution in [0.2, 0.25) is 0 Å². The molecule has 0 radical (unpaired) electrons. The van der Waals surface area contributed by atoms with Gasteiger partial charge in [-0.25, -0.2) is 4.98 Å². The van der Waals surface area contributed by atoms with E-state index in [1.165, 1.54) is 0 Å². The molecule has 17 heavy (non-hydrogen) atoms. The lowest BCUT2D eigenvalue weighted by Crippen LogP contribution is -2.46. The molecule has 0 aromatic carbocycles. The maximum absolute atomic E-state index is 9.25. The molecule has 1 N–H and O–H groups in total. The number of rotatable bonds is 3. The van der Waals surface area contributed by atoms with Gasteiger partial charge >= 0.3 is 0 Å². The van der Waals surface area contributed by atoms with Gasteiger partial charge in [-0.3, -0.25) is 4.90 Å². The molecule has 0 bridgehead atoms. The van der Waals surface area contributed by atoms with E-state index in [-0.39, 0.29) is 12.6 Å². The molecule has 1 atom stereocenters. The van der Waals surface area contributed by atoms with Crippen LogP contribution in [0.25, 0.3) is 0 Å². The van der Waals surface area contributed by atoms with Gasteiger partial charge < -0.3 is 9.84 Å². The lowest BCUT2D eigenvalue weighted by Gasteiger charge is -2.34. The van der Waals surface area contributed by atoms with Gasteiger partial charge in [-0.05, 0) is 17.7 Å². The Kier molecular flexibility index (Phi) is 4.04. The average Bonchev–Trinajstić information content (AvgIpc) is 2.39. The molecular weight excluding hydrogens is 218 g/mol. The molecule has 5 heteroatoms. The number of nitriles is 1. The maximum Gasteiger partial charge on any atom is 0.140 e. The maximum atomic E-state index is 9.25. The zero-order valence-corrected chi connectivity index (χ0v) is 9.54. The summed E-state index contributed by atoms with van der Waals surface area (Å²) >= 11 is 0. The van der Waals surface area contributed by atoms with E-state index in [0.29, 0.717) is 25.5 Å². The van der Waals surface area contributed by atoms with Crippen molar-refractivity contribution in [3.8, 4) is 6.07 Å². The monoisotopic (exact) mass is 233 g/mol. The van der Waals surface area contributed by atoms with Crippen LogP contribution < -0.4 is 0 Å². The Morgan fingerprint density at radius 3 is 3.29 bits per heavy atom. The van der Waals surface area contributed by atoms with Gasteiger partial charge in [0.1, 0.15) is 11.8 Å². The van der Waals surface area contributed by atoms with Gasteiger partial charge in [0, 0.05) is 19.3 Å². The predicted molar refractivity (Wildman–Crippen MR) is 61.1 cm³/mol. The van der Waals surface area contributed by atoms with Crippen molar-refractivity contribution in [2.24, 2.45) is 0 Å². The molecule has 0 aliphatic carbocycles. The Bertz CT molecular complexity index is 416. The highest BCUT2D eigenvalue weighted by Crippen LogP contribution is 2.12. The number of nitrogens with zero attached hydrogens (tertiary/aromatic N) is 3. The zero-order chi connectivity index (χ0) is 12.1. The van der Waals surface area contributed by atoms with Crippen LogP contribution in [0.15, 0.2) is 18.3 Å². The fourth-order valence-electron chi connectivity index (χ4n) is 1.93. The van der Waals surface area contributed by atoms with Gasteiger partial charge in [0.25, 0.3) is 0 Å². The quantitative estimate of drug-likeness (QED) is 0.804. The summed E-state index contributed by atoms with van der Waals surface area (Å²) in [6.07, 6.45) is 1.64. The molecule has 0 amide bonds. The molecule has 1 aromatic heterocycles. The molecule has 2 rings (SSSR count). The minimum Gasteiger partial charge on any atom is -0.395 e. The second-order valence-corrected chi connectivity index (χ2v) is 4.04. The fraction of sp³-hybridized carbons (Fsp3) is 0.500. The van der Waals surface area contributed by atoms with Crippen molar-refractivity contribution in [3.05, 3.63) is 29.6 Å². The highest BCUT2D eigenvalue weighted by molar-refractivity contribution is 5.25. The van der Waals surface area contributed by atoms with Crippen molar-refractivity contribution in [1.29, 1.82) is 5.26 Å². The minimum atomic E-state index is 0.0439. The van der Waals surface area contributed by atoms with Crippen LogP contribution in [0, 0.1) is 11.3 Å². The van der Waals surface area contributed by atoms with Crippen molar-refractivity contribution >= 4 is 0 Å². The molecule has 1 aliphatic rings. The number of hydrogen-bond donors (Lipinski definition) is 1. The summed E-state index contributed by atoms with van der Waals surface area (Å²) in [4.78, 5) is 6.10. The van der Waals surface area contributed by atoms with Gasteiger partial charge in [0.05, 0.1) is 25.9 Å². The molecule has 1 aliphatic heterocycles. The van der Waals surface area contributed by atoms with E-state index in [2.05, 4.69) is 9.88 Å². The number of morpholine rings is 1. The highest BCUT2D eigenvalue weighted by Gasteiger charge is 2.22. The molecule has 90 valence electrons. The second-order valence-electron chi connectivity index (χ2n) is 4.04. The molecule has 1 fully saturated rings. The van der Waals surface area contributed by atoms with Crippen LogP contribution in [0.1, 0.15) is 11.3 Å². The van der Waals surface area contributed by atoms with E-state index in [9.17, 15) is 5.11 Å². The van der Waals surface area contributed by atoms with Crippen LogP contribution in [-0.4, -0.2) is 47.4 Å². The summed E-state index contributed by atoms with van der Waals surface area (Å²) in [5.41, 5.74) is 1.47. The highest BCUT2D eigenvalue weighted by atomic mass is 16.5. The molecule has 0 spiro atoms. The second kappa shape index (κ2) is 5.73. The fourth-order valence-corrected chi connectivity index (χ4v) is 1.93. The summed E-state index contributed by atoms with van der Waals surface area (Å²) in [7, 11) is 0. The van der Waals surface area contributed by atoms with E-state index < -0.39 is 0 Å². The topological polar surface area (TPSA) is 69.4 Å². The molecule has 2 heterocycles. The first-order valence-corrected chi connectivity index (χ1v) is 5.61. The molecule has 1 unspecified atom stereocenters. The van der Waals surface area contributed by atoms with Gasteiger partial charge in [0.15, 0.2) is 0 Å².